The third-order valence-corrected chi connectivity index (χ3v) is 6.48. The van der Waals surface area contributed by atoms with Crippen LogP contribution in [0.2, 0.25) is 0 Å². The van der Waals surface area contributed by atoms with E-state index >= 15 is 0 Å². The molecule has 3 rings (SSSR count). The van der Waals surface area contributed by atoms with Crippen molar-refractivity contribution in [2.75, 3.05) is 13.1 Å². The SMILES string of the molecule is Cc1ccccc1CN1CCC(NS(=O)(=O)c2ccccc2OC(F)F)CC1. The Balaban J connectivity index is 1.60. The van der Waals surface area contributed by atoms with Gasteiger partial charge in [0.15, 0.2) is 0 Å². The first-order chi connectivity index (χ1) is 13.3. The van der Waals surface area contributed by atoms with Crippen molar-refractivity contribution in [3.63, 3.8) is 0 Å². The summed E-state index contributed by atoms with van der Waals surface area (Å²) in [5, 5.41) is 0. The molecule has 0 spiro atoms. The van der Waals surface area contributed by atoms with E-state index in [1.54, 1.807) is 0 Å². The molecule has 8 heteroatoms. The summed E-state index contributed by atoms with van der Waals surface area (Å²) < 4.78 is 57.4. The summed E-state index contributed by atoms with van der Waals surface area (Å²) in [5.74, 6) is -0.345. The summed E-state index contributed by atoms with van der Waals surface area (Å²) in [6.45, 7) is 1.35. The van der Waals surface area contributed by atoms with E-state index in [0.29, 0.717) is 12.8 Å². The number of sulfonamides is 1. The number of halogens is 2. The molecule has 1 aliphatic rings. The predicted molar refractivity (Wildman–Crippen MR) is 103 cm³/mol. The number of piperidine rings is 1. The Morgan fingerprint density at radius 1 is 1.11 bits per heavy atom. The van der Waals surface area contributed by atoms with Crippen LogP contribution in [-0.2, 0) is 16.6 Å². The van der Waals surface area contributed by atoms with Crippen LogP contribution in [0, 0.1) is 6.92 Å². The minimum Gasteiger partial charge on any atom is -0.433 e. The van der Waals surface area contributed by atoms with Gasteiger partial charge in [-0.1, -0.05) is 36.4 Å². The van der Waals surface area contributed by atoms with Gasteiger partial charge in [-0.15, -0.1) is 0 Å². The number of benzene rings is 2. The summed E-state index contributed by atoms with van der Waals surface area (Å²) in [6, 6.07) is 13.4. The van der Waals surface area contributed by atoms with Crippen LogP contribution in [0.1, 0.15) is 24.0 Å². The number of nitrogens with one attached hydrogen (secondary N) is 1. The number of nitrogens with zero attached hydrogens (tertiary/aromatic N) is 1. The molecule has 0 aliphatic carbocycles. The molecule has 0 radical (unpaired) electrons. The minimum atomic E-state index is -3.95. The standard InChI is InChI=1S/C20H24F2N2O3S/c1-15-6-2-3-7-16(15)14-24-12-10-17(11-13-24)23-28(25,26)19-9-5-4-8-18(19)27-20(21)22/h2-9,17,20,23H,10-14H2,1H3. The second-order valence-electron chi connectivity index (χ2n) is 6.92. The summed E-state index contributed by atoms with van der Waals surface area (Å²) in [6.07, 6.45) is 1.31. The molecule has 0 unspecified atom stereocenters. The van der Waals surface area contributed by atoms with E-state index in [9.17, 15) is 17.2 Å². The van der Waals surface area contributed by atoms with Gasteiger partial charge in [-0.3, -0.25) is 4.90 Å². The third-order valence-electron chi connectivity index (χ3n) is 4.92. The van der Waals surface area contributed by atoms with E-state index in [4.69, 9.17) is 0 Å². The second kappa shape index (κ2) is 8.98. The molecular formula is C20H24F2N2O3S. The minimum absolute atomic E-state index is 0.238. The number of aryl methyl sites for hydroxylation is 1. The van der Waals surface area contributed by atoms with Gasteiger partial charge in [0.05, 0.1) is 0 Å². The Hall–Kier alpha value is -2.03. The number of rotatable bonds is 7. The lowest BCUT2D eigenvalue weighted by Gasteiger charge is -2.32. The van der Waals surface area contributed by atoms with E-state index < -0.39 is 16.6 Å². The fourth-order valence-electron chi connectivity index (χ4n) is 3.39. The first kappa shape index (κ1) is 20.7. The number of para-hydroxylation sites is 1. The highest BCUT2D eigenvalue weighted by Gasteiger charge is 2.27. The molecule has 0 bridgehead atoms. The molecular weight excluding hydrogens is 386 g/mol. The zero-order valence-electron chi connectivity index (χ0n) is 15.6. The van der Waals surface area contributed by atoms with Gasteiger partial charge in [-0.25, -0.2) is 13.1 Å². The molecule has 2 aromatic rings. The van der Waals surface area contributed by atoms with Crippen molar-refractivity contribution in [1.82, 2.24) is 9.62 Å². The van der Waals surface area contributed by atoms with Crippen LogP contribution < -0.4 is 9.46 Å². The maximum Gasteiger partial charge on any atom is 0.387 e. The normalized spacial score (nSPS) is 16.4. The van der Waals surface area contributed by atoms with Crippen molar-refractivity contribution in [3.05, 3.63) is 59.7 Å². The van der Waals surface area contributed by atoms with Gasteiger partial charge < -0.3 is 4.74 Å². The lowest BCUT2D eigenvalue weighted by molar-refractivity contribution is -0.0517. The Morgan fingerprint density at radius 3 is 2.43 bits per heavy atom. The highest BCUT2D eigenvalue weighted by atomic mass is 32.2. The van der Waals surface area contributed by atoms with Crippen molar-refractivity contribution in [1.29, 1.82) is 0 Å². The zero-order valence-corrected chi connectivity index (χ0v) is 16.5. The molecule has 1 heterocycles. The van der Waals surface area contributed by atoms with Crippen molar-refractivity contribution < 1.29 is 21.9 Å². The molecule has 0 saturated carbocycles. The van der Waals surface area contributed by atoms with E-state index in [1.807, 2.05) is 12.1 Å². The average molecular weight is 410 g/mol. The van der Waals surface area contributed by atoms with Crippen LogP contribution in [0.25, 0.3) is 0 Å². The molecule has 5 nitrogen and oxygen atoms in total. The quantitative estimate of drug-likeness (QED) is 0.759. The monoisotopic (exact) mass is 410 g/mol. The Kier molecular flexibility index (Phi) is 6.64. The maximum absolute atomic E-state index is 12.7. The average Bonchev–Trinajstić information content (AvgIpc) is 2.65. The van der Waals surface area contributed by atoms with Gasteiger partial charge in [0.2, 0.25) is 10.0 Å². The molecule has 1 N–H and O–H groups in total. The van der Waals surface area contributed by atoms with Crippen molar-refractivity contribution >= 4 is 10.0 Å². The molecule has 1 fully saturated rings. The molecule has 1 aliphatic heterocycles. The van der Waals surface area contributed by atoms with Gasteiger partial charge in [0, 0.05) is 25.7 Å². The summed E-state index contributed by atoms with van der Waals surface area (Å²) in [7, 11) is -3.95. The van der Waals surface area contributed by atoms with Gasteiger partial charge in [-0.05, 0) is 43.0 Å². The molecule has 2 aromatic carbocycles. The number of alkyl halides is 2. The molecule has 1 saturated heterocycles. The van der Waals surface area contributed by atoms with Crippen molar-refractivity contribution in [2.45, 2.75) is 43.9 Å². The lowest BCUT2D eigenvalue weighted by atomic mass is 10.0. The van der Waals surface area contributed by atoms with Crippen molar-refractivity contribution in [2.24, 2.45) is 0 Å². The highest BCUT2D eigenvalue weighted by molar-refractivity contribution is 7.89. The smallest absolute Gasteiger partial charge is 0.387 e. The number of hydrogen-bond donors (Lipinski definition) is 1. The Labute approximate surface area is 164 Å². The number of likely N-dealkylation sites (tertiary alicyclic amines) is 1. The van der Waals surface area contributed by atoms with E-state index in [1.165, 1.54) is 35.4 Å². The Morgan fingerprint density at radius 2 is 1.75 bits per heavy atom. The van der Waals surface area contributed by atoms with Gasteiger partial charge in [-0.2, -0.15) is 8.78 Å². The lowest BCUT2D eigenvalue weighted by Crippen LogP contribution is -2.44. The van der Waals surface area contributed by atoms with E-state index in [2.05, 4.69) is 33.4 Å². The van der Waals surface area contributed by atoms with E-state index in [-0.39, 0.29) is 16.7 Å². The van der Waals surface area contributed by atoms with Crippen LogP contribution in [0.3, 0.4) is 0 Å². The van der Waals surface area contributed by atoms with E-state index in [0.717, 1.165) is 19.6 Å². The first-order valence-corrected chi connectivity index (χ1v) is 10.7. The largest absolute Gasteiger partial charge is 0.433 e. The second-order valence-corrected chi connectivity index (χ2v) is 8.61. The highest BCUT2D eigenvalue weighted by Crippen LogP contribution is 2.26. The maximum atomic E-state index is 12.7. The molecule has 28 heavy (non-hydrogen) atoms. The zero-order chi connectivity index (χ0) is 20.1. The predicted octanol–water partition coefficient (Wildman–Crippen LogP) is 3.54. The fourth-order valence-corrected chi connectivity index (χ4v) is 4.83. The molecule has 0 amide bonds. The molecule has 0 atom stereocenters. The summed E-state index contributed by atoms with van der Waals surface area (Å²) >= 11 is 0. The Bertz CT molecular complexity index is 898. The third kappa shape index (κ3) is 5.27. The fraction of sp³-hybridized carbons (Fsp3) is 0.400. The van der Waals surface area contributed by atoms with Crippen LogP contribution >= 0.6 is 0 Å². The van der Waals surface area contributed by atoms with Gasteiger partial charge in [0.1, 0.15) is 10.6 Å². The van der Waals surface area contributed by atoms with Crippen LogP contribution in [0.4, 0.5) is 8.78 Å². The van der Waals surface area contributed by atoms with Crippen LogP contribution in [-0.4, -0.2) is 39.1 Å². The number of ether oxygens (including phenoxy) is 1. The van der Waals surface area contributed by atoms with Crippen LogP contribution in [0.15, 0.2) is 53.4 Å². The van der Waals surface area contributed by atoms with Gasteiger partial charge in [0.25, 0.3) is 0 Å². The summed E-state index contributed by atoms with van der Waals surface area (Å²) in [5.41, 5.74) is 2.50. The number of hydrogen-bond acceptors (Lipinski definition) is 4. The molecule has 152 valence electrons. The van der Waals surface area contributed by atoms with Crippen LogP contribution in [0.5, 0.6) is 5.75 Å². The summed E-state index contributed by atoms with van der Waals surface area (Å²) in [4.78, 5) is 2.03. The molecule has 0 aromatic heterocycles. The topological polar surface area (TPSA) is 58.6 Å². The van der Waals surface area contributed by atoms with Gasteiger partial charge >= 0.3 is 6.61 Å². The van der Waals surface area contributed by atoms with Crippen molar-refractivity contribution in [3.8, 4) is 5.75 Å². The first-order valence-electron chi connectivity index (χ1n) is 9.18.